The van der Waals surface area contributed by atoms with E-state index in [1.54, 1.807) is 6.20 Å². The first-order valence-corrected chi connectivity index (χ1v) is 4.92. The summed E-state index contributed by atoms with van der Waals surface area (Å²) in [5.41, 5.74) is 0.999. The second-order valence-corrected chi connectivity index (χ2v) is 3.75. The van der Waals surface area contributed by atoms with Crippen LogP contribution in [0.15, 0.2) is 22.8 Å². The molecule has 0 saturated carbocycles. The third-order valence-electron chi connectivity index (χ3n) is 1.74. The van der Waals surface area contributed by atoms with Crippen LogP contribution in [0.4, 0.5) is 0 Å². The lowest BCUT2D eigenvalue weighted by molar-refractivity contribution is 0.216. The zero-order valence-electron chi connectivity index (χ0n) is 7.57. The van der Waals surface area contributed by atoms with Crippen molar-refractivity contribution in [2.45, 2.75) is 6.54 Å². The Morgan fingerprint density at radius 1 is 1.62 bits per heavy atom. The van der Waals surface area contributed by atoms with Gasteiger partial charge in [0.2, 0.25) is 0 Å². The molecule has 1 aromatic rings. The van der Waals surface area contributed by atoms with E-state index in [0.29, 0.717) is 6.54 Å². The molecule has 1 N–H and O–H groups in total. The summed E-state index contributed by atoms with van der Waals surface area (Å²) < 4.78 is 1.01. The van der Waals surface area contributed by atoms with E-state index in [2.05, 4.69) is 20.9 Å². The van der Waals surface area contributed by atoms with E-state index in [0.717, 1.165) is 16.7 Å². The third kappa shape index (κ3) is 3.42. The van der Waals surface area contributed by atoms with Gasteiger partial charge in [-0.2, -0.15) is 0 Å². The number of likely N-dealkylation sites (N-methyl/N-ethyl adjacent to an activating group) is 1. The highest BCUT2D eigenvalue weighted by molar-refractivity contribution is 9.10. The number of rotatable bonds is 4. The van der Waals surface area contributed by atoms with Crippen LogP contribution in [0.2, 0.25) is 0 Å². The molecule has 0 saturated heterocycles. The van der Waals surface area contributed by atoms with Gasteiger partial charge < -0.3 is 5.11 Å². The third-order valence-corrected chi connectivity index (χ3v) is 2.46. The van der Waals surface area contributed by atoms with E-state index in [4.69, 9.17) is 5.11 Å². The summed E-state index contributed by atoms with van der Waals surface area (Å²) in [4.78, 5) is 6.25. The summed E-state index contributed by atoms with van der Waals surface area (Å²) >= 11 is 3.42. The van der Waals surface area contributed by atoms with Crippen molar-refractivity contribution in [1.29, 1.82) is 0 Å². The Kier molecular flexibility index (Phi) is 4.35. The molecule has 72 valence electrons. The lowest BCUT2D eigenvalue weighted by Crippen LogP contribution is -2.22. The number of hydrogen-bond acceptors (Lipinski definition) is 3. The molecule has 1 rings (SSSR count). The number of aromatic nitrogens is 1. The second kappa shape index (κ2) is 5.32. The quantitative estimate of drug-likeness (QED) is 0.867. The Labute approximate surface area is 86.5 Å². The summed E-state index contributed by atoms with van der Waals surface area (Å²) in [6.07, 6.45) is 1.77. The minimum absolute atomic E-state index is 0.182. The van der Waals surface area contributed by atoms with Gasteiger partial charge in [0.05, 0.1) is 12.3 Å². The van der Waals surface area contributed by atoms with Crippen molar-refractivity contribution in [1.82, 2.24) is 9.88 Å². The van der Waals surface area contributed by atoms with Crippen molar-refractivity contribution in [3.63, 3.8) is 0 Å². The minimum atomic E-state index is 0.182. The molecule has 0 aliphatic carbocycles. The van der Waals surface area contributed by atoms with E-state index in [1.165, 1.54) is 0 Å². The maximum atomic E-state index is 8.71. The molecule has 0 atom stereocenters. The molecule has 0 radical (unpaired) electrons. The van der Waals surface area contributed by atoms with Crippen LogP contribution in [-0.2, 0) is 6.54 Å². The van der Waals surface area contributed by atoms with Gasteiger partial charge in [-0.15, -0.1) is 0 Å². The van der Waals surface area contributed by atoms with Crippen LogP contribution in [0, 0.1) is 0 Å². The van der Waals surface area contributed by atoms with Gasteiger partial charge in [-0.05, 0) is 35.1 Å². The molecule has 0 aromatic carbocycles. The van der Waals surface area contributed by atoms with E-state index in [9.17, 15) is 0 Å². The van der Waals surface area contributed by atoms with E-state index in [-0.39, 0.29) is 6.61 Å². The van der Waals surface area contributed by atoms with Crippen molar-refractivity contribution in [3.05, 3.63) is 28.5 Å². The lowest BCUT2D eigenvalue weighted by atomic mass is 10.3. The van der Waals surface area contributed by atoms with Crippen LogP contribution in [0.5, 0.6) is 0 Å². The molecule has 1 heterocycles. The molecule has 0 spiro atoms. The fourth-order valence-corrected chi connectivity index (χ4v) is 1.42. The van der Waals surface area contributed by atoms with Crippen molar-refractivity contribution < 1.29 is 5.11 Å². The molecule has 1 aromatic heterocycles. The van der Waals surface area contributed by atoms with Crippen LogP contribution >= 0.6 is 15.9 Å². The zero-order chi connectivity index (χ0) is 9.68. The SMILES string of the molecule is CN(CCO)Cc1ncccc1Br. The Bertz CT molecular complexity index is 268. The highest BCUT2D eigenvalue weighted by atomic mass is 79.9. The molecule has 0 aliphatic rings. The van der Waals surface area contributed by atoms with Gasteiger partial charge in [0.1, 0.15) is 0 Å². The molecular formula is C9H13BrN2O. The topological polar surface area (TPSA) is 36.4 Å². The molecule has 0 fully saturated rings. The maximum Gasteiger partial charge on any atom is 0.0685 e. The average Bonchev–Trinajstić information content (AvgIpc) is 2.09. The predicted octanol–water partition coefficient (Wildman–Crippen LogP) is 1.27. The first kappa shape index (κ1) is 10.6. The van der Waals surface area contributed by atoms with Gasteiger partial charge in [-0.3, -0.25) is 9.88 Å². The molecule has 4 heteroatoms. The normalized spacial score (nSPS) is 10.8. The smallest absolute Gasteiger partial charge is 0.0685 e. The summed E-state index contributed by atoms with van der Waals surface area (Å²) in [6, 6.07) is 3.86. The summed E-state index contributed by atoms with van der Waals surface area (Å²) in [5.74, 6) is 0. The zero-order valence-corrected chi connectivity index (χ0v) is 9.16. The minimum Gasteiger partial charge on any atom is -0.395 e. The standard InChI is InChI=1S/C9H13BrN2O/c1-12(5-6-13)7-9-8(10)3-2-4-11-9/h2-4,13H,5-7H2,1H3. The summed E-state index contributed by atoms with van der Waals surface area (Å²) in [6.45, 7) is 1.60. The number of aliphatic hydroxyl groups is 1. The molecule has 0 amide bonds. The van der Waals surface area contributed by atoms with Gasteiger partial charge in [-0.25, -0.2) is 0 Å². The van der Waals surface area contributed by atoms with Crippen molar-refractivity contribution in [2.24, 2.45) is 0 Å². The first-order chi connectivity index (χ1) is 6.24. The van der Waals surface area contributed by atoms with Crippen LogP contribution in [0.25, 0.3) is 0 Å². The summed E-state index contributed by atoms with van der Waals surface area (Å²) in [5, 5.41) is 8.71. The van der Waals surface area contributed by atoms with E-state index >= 15 is 0 Å². The fraction of sp³-hybridized carbons (Fsp3) is 0.444. The Balaban J connectivity index is 2.58. The van der Waals surface area contributed by atoms with Gasteiger partial charge in [0.15, 0.2) is 0 Å². The van der Waals surface area contributed by atoms with E-state index in [1.807, 2.05) is 24.1 Å². The largest absolute Gasteiger partial charge is 0.395 e. The number of hydrogen-bond donors (Lipinski definition) is 1. The predicted molar refractivity (Wildman–Crippen MR) is 55.4 cm³/mol. The number of pyridine rings is 1. The molecular weight excluding hydrogens is 232 g/mol. The molecule has 13 heavy (non-hydrogen) atoms. The Morgan fingerprint density at radius 3 is 3.00 bits per heavy atom. The van der Waals surface area contributed by atoms with Gasteiger partial charge in [-0.1, -0.05) is 0 Å². The molecule has 0 aliphatic heterocycles. The van der Waals surface area contributed by atoms with Gasteiger partial charge in [0.25, 0.3) is 0 Å². The molecule has 3 nitrogen and oxygen atoms in total. The van der Waals surface area contributed by atoms with Crippen molar-refractivity contribution in [3.8, 4) is 0 Å². The number of halogens is 1. The highest BCUT2D eigenvalue weighted by Crippen LogP contribution is 2.14. The monoisotopic (exact) mass is 244 g/mol. The molecule has 0 bridgehead atoms. The van der Waals surface area contributed by atoms with Crippen LogP contribution in [-0.4, -0.2) is 35.2 Å². The number of nitrogens with zero attached hydrogens (tertiary/aromatic N) is 2. The summed E-state index contributed by atoms with van der Waals surface area (Å²) in [7, 11) is 1.96. The lowest BCUT2D eigenvalue weighted by Gasteiger charge is -2.14. The Hall–Kier alpha value is -0.450. The van der Waals surface area contributed by atoms with Crippen molar-refractivity contribution >= 4 is 15.9 Å². The van der Waals surface area contributed by atoms with Gasteiger partial charge in [0, 0.05) is 23.8 Å². The van der Waals surface area contributed by atoms with E-state index < -0.39 is 0 Å². The Morgan fingerprint density at radius 2 is 2.38 bits per heavy atom. The van der Waals surface area contributed by atoms with Crippen LogP contribution in [0.3, 0.4) is 0 Å². The fourth-order valence-electron chi connectivity index (χ4n) is 1.04. The number of aliphatic hydroxyl groups excluding tert-OH is 1. The molecule has 0 unspecified atom stereocenters. The second-order valence-electron chi connectivity index (χ2n) is 2.89. The average molecular weight is 245 g/mol. The first-order valence-electron chi connectivity index (χ1n) is 4.13. The highest BCUT2D eigenvalue weighted by Gasteiger charge is 2.03. The van der Waals surface area contributed by atoms with Crippen molar-refractivity contribution in [2.75, 3.05) is 20.2 Å². The maximum absolute atomic E-state index is 8.71. The van der Waals surface area contributed by atoms with Crippen LogP contribution in [0.1, 0.15) is 5.69 Å². The van der Waals surface area contributed by atoms with Gasteiger partial charge >= 0.3 is 0 Å². The van der Waals surface area contributed by atoms with Crippen LogP contribution < -0.4 is 0 Å².